The van der Waals surface area contributed by atoms with E-state index in [-0.39, 0.29) is 0 Å². The molecule has 1 aromatic rings. The Balaban J connectivity index is 2.45. The second-order valence-corrected chi connectivity index (χ2v) is 2.92. The van der Waals surface area contributed by atoms with Gasteiger partial charge in [0.05, 0.1) is 6.61 Å². The van der Waals surface area contributed by atoms with Gasteiger partial charge < -0.3 is 15.0 Å². The lowest BCUT2D eigenvalue weighted by molar-refractivity contribution is 0.199. The molecule has 0 bridgehead atoms. The largest absolute Gasteiger partial charge is 0.384 e. The van der Waals surface area contributed by atoms with Crippen LogP contribution in [0.15, 0.2) is 12.4 Å². The highest BCUT2D eigenvalue weighted by atomic mass is 16.5. The van der Waals surface area contributed by atoms with Crippen molar-refractivity contribution < 1.29 is 4.74 Å². The van der Waals surface area contributed by atoms with E-state index < -0.39 is 0 Å². The molecule has 0 spiro atoms. The quantitative estimate of drug-likeness (QED) is 0.695. The Bertz CT molecular complexity index is 212. The highest BCUT2D eigenvalue weighted by molar-refractivity contribution is 4.92. The smallest absolute Gasteiger partial charge is 0.110 e. The highest BCUT2D eigenvalue weighted by Crippen LogP contribution is 2.00. The number of imidazole rings is 1. The van der Waals surface area contributed by atoms with Crippen LogP contribution in [-0.2, 0) is 17.7 Å². The van der Waals surface area contributed by atoms with Crippen LogP contribution >= 0.6 is 0 Å². The van der Waals surface area contributed by atoms with E-state index in [4.69, 9.17) is 10.5 Å². The molecule has 0 aliphatic heterocycles. The van der Waals surface area contributed by atoms with Crippen molar-refractivity contribution in [2.24, 2.45) is 5.73 Å². The van der Waals surface area contributed by atoms with Crippen molar-refractivity contribution in [3.8, 4) is 0 Å². The first kappa shape index (κ1) is 10.2. The molecule has 1 aromatic heterocycles. The molecule has 4 nitrogen and oxygen atoms in total. The van der Waals surface area contributed by atoms with Gasteiger partial charge in [-0.15, -0.1) is 0 Å². The van der Waals surface area contributed by atoms with Crippen LogP contribution in [0.4, 0.5) is 0 Å². The Morgan fingerprint density at radius 2 is 2.46 bits per heavy atom. The standard InChI is InChI=1S/C9H17N3O/c1-13-8-3-9-11-5-7-12(9)6-2-4-10/h5,7H,2-4,6,8,10H2,1H3. The average molecular weight is 183 g/mol. The second kappa shape index (κ2) is 5.72. The predicted molar refractivity (Wildman–Crippen MR) is 51.5 cm³/mol. The van der Waals surface area contributed by atoms with E-state index in [1.54, 1.807) is 7.11 Å². The third-order valence-corrected chi connectivity index (χ3v) is 1.93. The molecular weight excluding hydrogens is 166 g/mol. The number of hydrogen-bond acceptors (Lipinski definition) is 3. The van der Waals surface area contributed by atoms with Gasteiger partial charge in [-0.25, -0.2) is 4.98 Å². The van der Waals surface area contributed by atoms with Gasteiger partial charge in [-0.3, -0.25) is 0 Å². The summed E-state index contributed by atoms with van der Waals surface area (Å²) in [6, 6.07) is 0. The van der Waals surface area contributed by atoms with Gasteiger partial charge in [0, 0.05) is 32.5 Å². The summed E-state index contributed by atoms with van der Waals surface area (Å²) < 4.78 is 7.13. The maximum Gasteiger partial charge on any atom is 0.110 e. The lowest BCUT2D eigenvalue weighted by Gasteiger charge is -2.05. The van der Waals surface area contributed by atoms with E-state index in [2.05, 4.69) is 9.55 Å². The molecule has 0 amide bonds. The molecule has 13 heavy (non-hydrogen) atoms. The molecule has 0 radical (unpaired) electrons. The van der Waals surface area contributed by atoms with E-state index in [9.17, 15) is 0 Å². The summed E-state index contributed by atoms with van der Waals surface area (Å²) in [4.78, 5) is 4.25. The van der Waals surface area contributed by atoms with E-state index in [0.29, 0.717) is 0 Å². The molecule has 0 saturated carbocycles. The molecule has 4 heteroatoms. The molecule has 0 aliphatic carbocycles. The Kier molecular flexibility index (Phi) is 4.49. The summed E-state index contributed by atoms with van der Waals surface area (Å²) in [5, 5.41) is 0. The average Bonchev–Trinajstić information content (AvgIpc) is 2.59. The van der Waals surface area contributed by atoms with Crippen molar-refractivity contribution in [2.75, 3.05) is 20.3 Å². The monoisotopic (exact) mass is 183 g/mol. The maximum absolute atomic E-state index is 5.44. The van der Waals surface area contributed by atoms with Gasteiger partial charge >= 0.3 is 0 Å². The minimum Gasteiger partial charge on any atom is -0.384 e. The van der Waals surface area contributed by atoms with Crippen LogP contribution < -0.4 is 5.73 Å². The fourth-order valence-electron chi connectivity index (χ4n) is 1.23. The molecular formula is C9H17N3O. The van der Waals surface area contributed by atoms with Crippen molar-refractivity contribution in [1.82, 2.24) is 9.55 Å². The zero-order valence-electron chi connectivity index (χ0n) is 8.07. The Morgan fingerprint density at radius 1 is 1.62 bits per heavy atom. The van der Waals surface area contributed by atoms with Gasteiger partial charge in [-0.1, -0.05) is 0 Å². The number of nitrogens with zero attached hydrogens (tertiary/aromatic N) is 2. The molecule has 0 atom stereocenters. The minimum atomic E-state index is 0.722. The van der Waals surface area contributed by atoms with Gasteiger partial charge in [0.25, 0.3) is 0 Å². The summed E-state index contributed by atoms with van der Waals surface area (Å²) in [7, 11) is 1.70. The van der Waals surface area contributed by atoms with Gasteiger partial charge in [0.15, 0.2) is 0 Å². The SMILES string of the molecule is COCCc1nccn1CCCN. The summed E-state index contributed by atoms with van der Waals surface area (Å²) in [5.74, 6) is 1.08. The summed E-state index contributed by atoms with van der Waals surface area (Å²) in [6.07, 6.45) is 5.67. The van der Waals surface area contributed by atoms with Crippen LogP contribution in [0.3, 0.4) is 0 Å². The maximum atomic E-state index is 5.44. The second-order valence-electron chi connectivity index (χ2n) is 2.92. The molecule has 0 fully saturated rings. The number of hydrogen-bond donors (Lipinski definition) is 1. The first-order valence-corrected chi connectivity index (χ1v) is 4.57. The lowest BCUT2D eigenvalue weighted by Crippen LogP contribution is -2.09. The van der Waals surface area contributed by atoms with Crippen molar-refractivity contribution in [3.05, 3.63) is 18.2 Å². The predicted octanol–water partition coefficient (Wildman–Crippen LogP) is 0.421. The Hall–Kier alpha value is -0.870. The van der Waals surface area contributed by atoms with Gasteiger partial charge in [-0.05, 0) is 13.0 Å². The topological polar surface area (TPSA) is 53.1 Å². The first-order valence-electron chi connectivity index (χ1n) is 4.57. The van der Waals surface area contributed by atoms with Crippen LogP contribution in [0.5, 0.6) is 0 Å². The zero-order chi connectivity index (χ0) is 9.52. The molecule has 1 rings (SSSR count). The third kappa shape index (κ3) is 3.16. The molecule has 2 N–H and O–H groups in total. The van der Waals surface area contributed by atoms with E-state index in [1.165, 1.54) is 0 Å². The Morgan fingerprint density at radius 3 is 3.15 bits per heavy atom. The molecule has 0 saturated heterocycles. The molecule has 0 unspecified atom stereocenters. The minimum absolute atomic E-state index is 0.722. The number of nitrogens with two attached hydrogens (primary N) is 1. The highest BCUT2D eigenvalue weighted by Gasteiger charge is 2.00. The number of aryl methyl sites for hydroxylation is 1. The first-order chi connectivity index (χ1) is 6.38. The lowest BCUT2D eigenvalue weighted by atomic mass is 10.4. The summed E-state index contributed by atoms with van der Waals surface area (Å²) in [6.45, 7) is 2.40. The van der Waals surface area contributed by atoms with Crippen LogP contribution in [0.2, 0.25) is 0 Å². The van der Waals surface area contributed by atoms with Crippen molar-refractivity contribution in [3.63, 3.8) is 0 Å². The number of rotatable bonds is 6. The van der Waals surface area contributed by atoms with Crippen molar-refractivity contribution >= 4 is 0 Å². The van der Waals surface area contributed by atoms with Gasteiger partial charge in [0.1, 0.15) is 5.82 Å². The van der Waals surface area contributed by atoms with Gasteiger partial charge in [-0.2, -0.15) is 0 Å². The van der Waals surface area contributed by atoms with E-state index >= 15 is 0 Å². The molecule has 74 valence electrons. The summed E-state index contributed by atoms with van der Waals surface area (Å²) in [5.41, 5.74) is 5.44. The molecule has 0 aromatic carbocycles. The normalized spacial score (nSPS) is 10.6. The van der Waals surface area contributed by atoms with E-state index in [1.807, 2.05) is 12.4 Å². The van der Waals surface area contributed by atoms with Crippen LogP contribution in [0.1, 0.15) is 12.2 Å². The fourth-order valence-corrected chi connectivity index (χ4v) is 1.23. The molecule has 1 heterocycles. The number of methoxy groups -OCH3 is 1. The van der Waals surface area contributed by atoms with Crippen LogP contribution in [0, 0.1) is 0 Å². The third-order valence-electron chi connectivity index (χ3n) is 1.93. The van der Waals surface area contributed by atoms with E-state index in [0.717, 1.165) is 38.4 Å². The summed E-state index contributed by atoms with van der Waals surface area (Å²) >= 11 is 0. The van der Waals surface area contributed by atoms with Crippen LogP contribution in [-0.4, -0.2) is 29.8 Å². The zero-order valence-corrected chi connectivity index (χ0v) is 8.07. The fraction of sp³-hybridized carbons (Fsp3) is 0.667. The Labute approximate surface area is 78.7 Å². The van der Waals surface area contributed by atoms with Gasteiger partial charge in [0.2, 0.25) is 0 Å². The van der Waals surface area contributed by atoms with Crippen molar-refractivity contribution in [2.45, 2.75) is 19.4 Å². The number of ether oxygens (including phenoxy) is 1. The molecule has 0 aliphatic rings. The number of aromatic nitrogens is 2. The van der Waals surface area contributed by atoms with Crippen LogP contribution in [0.25, 0.3) is 0 Å². The van der Waals surface area contributed by atoms with Crippen molar-refractivity contribution in [1.29, 1.82) is 0 Å².